The lowest BCUT2D eigenvalue weighted by atomic mass is 10.1. The second-order valence-corrected chi connectivity index (χ2v) is 5.65. The molecule has 1 aromatic rings. The van der Waals surface area contributed by atoms with E-state index in [1.165, 1.54) is 4.88 Å². The Morgan fingerprint density at radius 3 is 2.56 bits per heavy atom. The average Bonchev–Trinajstić information content (AvgIpc) is 2.70. The number of ether oxygens (including phenoxy) is 2. The van der Waals surface area contributed by atoms with Crippen LogP contribution in [0.25, 0.3) is 0 Å². The van der Waals surface area contributed by atoms with Crippen LogP contribution in [-0.4, -0.2) is 25.7 Å². The summed E-state index contributed by atoms with van der Waals surface area (Å²) in [5.41, 5.74) is 1.03. The Morgan fingerprint density at radius 2 is 2.06 bits per heavy atom. The van der Waals surface area contributed by atoms with Gasteiger partial charge in [0.15, 0.2) is 0 Å². The first-order valence-corrected chi connectivity index (χ1v) is 7.16. The summed E-state index contributed by atoms with van der Waals surface area (Å²) >= 11 is 1.72. The maximum atomic E-state index is 5.54. The summed E-state index contributed by atoms with van der Waals surface area (Å²) in [7, 11) is 3.44. The molecule has 1 N–H and O–H groups in total. The van der Waals surface area contributed by atoms with Gasteiger partial charge in [-0.25, -0.2) is 4.98 Å². The Hall–Kier alpha value is -0.490. The van der Waals surface area contributed by atoms with Gasteiger partial charge in [-0.3, -0.25) is 0 Å². The number of rotatable bonds is 8. The Morgan fingerprint density at radius 1 is 1.33 bits per heavy atom. The van der Waals surface area contributed by atoms with Crippen molar-refractivity contribution in [1.29, 1.82) is 0 Å². The Kier molecular flexibility index (Phi) is 6.78. The van der Waals surface area contributed by atoms with E-state index in [2.05, 4.69) is 31.1 Å². The van der Waals surface area contributed by atoms with Gasteiger partial charge in [0.05, 0.1) is 12.3 Å². The summed E-state index contributed by atoms with van der Waals surface area (Å²) in [4.78, 5) is 5.92. The fourth-order valence-electron chi connectivity index (χ4n) is 1.81. The molecule has 0 aromatic carbocycles. The van der Waals surface area contributed by atoms with Crippen LogP contribution in [0.15, 0.2) is 0 Å². The molecule has 1 aromatic heterocycles. The van der Waals surface area contributed by atoms with Crippen LogP contribution in [0.2, 0.25) is 0 Å². The number of nitrogens with zero attached hydrogens (tertiary/aromatic N) is 1. The summed E-state index contributed by atoms with van der Waals surface area (Å²) in [5, 5.41) is 4.39. The minimum atomic E-state index is 0.0704. The van der Waals surface area contributed by atoms with Crippen LogP contribution in [0.5, 0.6) is 0 Å². The van der Waals surface area contributed by atoms with Crippen LogP contribution in [0, 0.1) is 5.92 Å². The molecule has 0 aliphatic rings. The molecule has 4 nitrogen and oxygen atoms in total. The maximum absolute atomic E-state index is 5.54. The van der Waals surface area contributed by atoms with Crippen molar-refractivity contribution in [3.8, 4) is 0 Å². The molecule has 1 unspecified atom stereocenters. The molecule has 0 aliphatic carbocycles. The van der Waals surface area contributed by atoms with E-state index in [0.29, 0.717) is 12.5 Å². The Bertz CT molecular complexity index is 353. The molecule has 1 rings (SSSR count). The Labute approximate surface area is 114 Å². The number of aromatic nitrogens is 1. The van der Waals surface area contributed by atoms with Gasteiger partial charge in [0.2, 0.25) is 0 Å². The minimum Gasteiger partial charge on any atom is -0.378 e. The number of hydrogen-bond acceptors (Lipinski definition) is 5. The van der Waals surface area contributed by atoms with Gasteiger partial charge < -0.3 is 14.8 Å². The molecule has 0 bridgehead atoms. The molecular formula is C13H24N2O2S. The topological polar surface area (TPSA) is 43.4 Å². The van der Waals surface area contributed by atoms with Crippen molar-refractivity contribution < 1.29 is 9.47 Å². The molecule has 0 saturated carbocycles. The second-order valence-electron chi connectivity index (χ2n) is 4.54. The van der Waals surface area contributed by atoms with Gasteiger partial charge in [0.1, 0.15) is 11.1 Å². The minimum absolute atomic E-state index is 0.0704. The molecule has 104 valence electrons. The summed E-state index contributed by atoms with van der Waals surface area (Å²) in [5.74, 6) is 0.420. The molecule has 0 saturated heterocycles. The zero-order chi connectivity index (χ0) is 13.5. The van der Waals surface area contributed by atoms with Crippen LogP contribution in [0.1, 0.15) is 42.5 Å². The van der Waals surface area contributed by atoms with Gasteiger partial charge in [-0.2, -0.15) is 0 Å². The zero-order valence-electron chi connectivity index (χ0n) is 11.9. The molecule has 18 heavy (non-hydrogen) atoms. The van der Waals surface area contributed by atoms with Crippen LogP contribution in [0.3, 0.4) is 0 Å². The van der Waals surface area contributed by atoms with Crippen LogP contribution < -0.4 is 5.32 Å². The highest BCUT2D eigenvalue weighted by molar-refractivity contribution is 7.11. The third kappa shape index (κ3) is 4.02. The standard InChI is InChI=1S/C13H24N2O2S/c1-6-14-7-11-10(8-16-4)15-13(18-11)12(17-5)9(2)3/h9,12,14H,6-8H2,1-5H3. The lowest BCUT2D eigenvalue weighted by Crippen LogP contribution is -2.12. The molecule has 0 fully saturated rings. The third-order valence-corrected chi connectivity index (χ3v) is 3.87. The van der Waals surface area contributed by atoms with Crippen molar-refractivity contribution in [1.82, 2.24) is 10.3 Å². The van der Waals surface area contributed by atoms with Crippen molar-refractivity contribution in [2.75, 3.05) is 20.8 Å². The summed E-state index contributed by atoms with van der Waals surface area (Å²) in [6.07, 6.45) is 0.0704. The van der Waals surface area contributed by atoms with Gasteiger partial charge in [-0.1, -0.05) is 20.8 Å². The molecule has 0 aliphatic heterocycles. The van der Waals surface area contributed by atoms with Gasteiger partial charge >= 0.3 is 0 Å². The lowest BCUT2D eigenvalue weighted by molar-refractivity contribution is 0.0640. The van der Waals surface area contributed by atoms with Crippen LogP contribution in [0.4, 0.5) is 0 Å². The van der Waals surface area contributed by atoms with E-state index in [0.717, 1.165) is 23.8 Å². The lowest BCUT2D eigenvalue weighted by Gasteiger charge is -2.16. The normalized spacial score (nSPS) is 13.2. The number of nitrogens with one attached hydrogen (secondary N) is 1. The summed E-state index contributed by atoms with van der Waals surface area (Å²) < 4.78 is 10.7. The first kappa shape index (κ1) is 15.6. The van der Waals surface area contributed by atoms with Crippen LogP contribution >= 0.6 is 11.3 Å². The van der Waals surface area contributed by atoms with E-state index in [1.807, 2.05) is 0 Å². The molecule has 1 heterocycles. The third-order valence-electron chi connectivity index (χ3n) is 2.71. The van der Waals surface area contributed by atoms with E-state index >= 15 is 0 Å². The molecular weight excluding hydrogens is 248 g/mol. The first-order valence-electron chi connectivity index (χ1n) is 6.34. The van der Waals surface area contributed by atoms with Gasteiger partial charge in [0, 0.05) is 25.6 Å². The summed E-state index contributed by atoms with van der Waals surface area (Å²) in [6.45, 7) is 8.76. The van der Waals surface area contributed by atoms with Crippen molar-refractivity contribution >= 4 is 11.3 Å². The van der Waals surface area contributed by atoms with Crippen LogP contribution in [-0.2, 0) is 22.6 Å². The zero-order valence-corrected chi connectivity index (χ0v) is 12.8. The van der Waals surface area contributed by atoms with Crippen molar-refractivity contribution in [3.63, 3.8) is 0 Å². The molecule has 0 radical (unpaired) electrons. The molecule has 5 heteroatoms. The number of methoxy groups -OCH3 is 2. The predicted octanol–water partition coefficient (Wildman–Crippen LogP) is 2.74. The molecule has 0 spiro atoms. The molecule has 0 amide bonds. The van der Waals surface area contributed by atoms with Gasteiger partial charge in [0.25, 0.3) is 0 Å². The van der Waals surface area contributed by atoms with E-state index in [9.17, 15) is 0 Å². The SMILES string of the molecule is CCNCc1sc(C(OC)C(C)C)nc1COC. The van der Waals surface area contributed by atoms with Crippen molar-refractivity contribution in [3.05, 3.63) is 15.6 Å². The van der Waals surface area contributed by atoms with Crippen molar-refractivity contribution in [2.24, 2.45) is 5.92 Å². The molecule has 1 atom stereocenters. The quantitative estimate of drug-likeness (QED) is 0.790. The van der Waals surface area contributed by atoms with E-state index in [1.54, 1.807) is 25.6 Å². The maximum Gasteiger partial charge on any atom is 0.122 e. The summed E-state index contributed by atoms with van der Waals surface area (Å²) in [6, 6.07) is 0. The number of thiazole rings is 1. The van der Waals surface area contributed by atoms with Gasteiger partial charge in [-0.05, 0) is 12.5 Å². The predicted molar refractivity (Wildman–Crippen MR) is 74.8 cm³/mol. The second kappa shape index (κ2) is 7.84. The largest absolute Gasteiger partial charge is 0.378 e. The van der Waals surface area contributed by atoms with Crippen molar-refractivity contribution in [2.45, 2.75) is 40.0 Å². The van der Waals surface area contributed by atoms with Gasteiger partial charge in [-0.15, -0.1) is 11.3 Å². The smallest absolute Gasteiger partial charge is 0.122 e. The highest BCUT2D eigenvalue weighted by Crippen LogP contribution is 2.31. The Balaban J connectivity index is 2.92. The fourth-order valence-corrected chi connectivity index (χ4v) is 3.10. The monoisotopic (exact) mass is 272 g/mol. The van der Waals surface area contributed by atoms with E-state index in [-0.39, 0.29) is 6.10 Å². The fraction of sp³-hybridized carbons (Fsp3) is 0.769. The van der Waals surface area contributed by atoms with E-state index < -0.39 is 0 Å². The highest BCUT2D eigenvalue weighted by atomic mass is 32.1. The highest BCUT2D eigenvalue weighted by Gasteiger charge is 2.21. The van der Waals surface area contributed by atoms with E-state index in [4.69, 9.17) is 9.47 Å². The first-order chi connectivity index (χ1) is 8.63. The number of hydrogen-bond donors (Lipinski definition) is 1. The average molecular weight is 272 g/mol.